The first-order chi connectivity index (χ1) is 18.1. The maximum Gasteiger partial charge on any atom is 0.573 e. The summed E-state index contributed by atoms with van der Waals surface area (Å²) in [6.07, 6.45) is 1.21. The van der Waals surface area contributed by atoms with E-state index in [2.05, 4.69) is 15.0 Å². The Balaban J connectivity index is 1.64. The molecule has 2 N–H and O–H groups in total. The second kappa shape index (κ2) is 11.9. The maximum atomic E-state index is 13.6. The highest BCUT2D eigenvalue weighted by Crippen LogP contribution is 2.40. The van der Waals surface area contributed by atoms with E-state index in [1.54, 1.807) is 12.3 Å². The van der Waals surface area contributed by atoms with E-state index in [0.717, 1.165) is 42.4 Å². The Morgan fingerprint density at radius 2 is 1.79 bits per heavy atom. The number of ether oxygens (including phenoxy) is 1. The van der Waals surface area contributed by atoms with Crippen molar-refractivity contribution in [1.82, 2.24) is 4.98 Å². The topological polar surface area (TPSA) is 88.5 Å². The van der Waals surface area contributed by atoms with Gasteiger partial charge in [0.25, 0.3) is 0 Å². The number of hydrogen-bond acceptors (Lipinski definition) is 4. The third-order valence-electron chi connectivity index (χ3n) is 6.64. The lowest BCUT2D eigenvalue weighted by Gasteiger charge is -2.25. The molecule has 1 aliphatic carbocycles. The van der Waals surface area contributed by atoms with Crippen molar-refractivity contribution in [3.05, 3.63) is 77.1 Å². The number of nitrogens with one attached hydrogen (secondary N) is 1. The van der Waals surface area contributed by atoms with Crippen LogP contribution >= 0.6 is 11.6 Å². The molecule has 1 amide bonds. The van der Waals surface area contributed by atoms with Gasteiger partial charge in [0.1, 0.15) is 0 Å². The monoisotopic (exact) mass is 546 g/mol. The Morgan fingerprint density at radius 1 is 1.08 bits per heavy atom. The van der Waals surface area contributed by atoms with Gasteiger partial charge in [-0.1, -0.05) is 60.8 Å². The number of carbonyl (C=O) groups excluding carboxylic acids is 1. The van der Waals surface area contributed by atoms with Gasteiger partial charge in [-0.25, -0.2) is 0 Å². The van der Waals surface area contributed by atoms with Crippen molar-refractivity contribution in [3.63, 3.8) is 0 Å². The number of rotatable bonds is 9. The van der Waals surface area contributed by atoms with Crippen molar-refractivity contribution >= 4 is 29.2 Å². The van der Waals surface area contributed by atoms with Gasteiger partial charge in [-0.15, -0.1) is 13.2 Å². The molecule has 1 atom stereocenters. The van der Waals surface area contributed by atoms with Crippen LogP contribution in [0.25, 0.3) is 11.1 Å². The zero-order valence-corrected chi connectivity index (χ0v) is 21.1. The summed E-state index contributed by atoms with van der Waals surface area (Å²) in [5.74, 6) is -2.77. The second-order valence-corrected chi connectivity index (χ2v) is 9.70. The summed E-state index contributed by atoms with van der Waals surface area (Å²) in [6, 6.07) is 13.3. The smallest absolute Gasteiger partial charge is 0.481 e. The van der Waals surface area contributed by atoms with Crippen LogP contribution in [-0.4, -0.2) is 28.3 Å². The largest absolute Gasteiger partial charge is 0.573 e. The van der Waals surface area contributed by atoms with E-state index in [1.807, 2.05) is 24.3 Å². The molecule has 1 heterocycles. The van der Waals surface area contributed by atoms with E-state index >= 15 is 0 Å². The Labute approximate surface area is 222 Å². The fourth-order valence-corrected chi connectivity index (χ4v) is 5.12. The number of carboxylic acids is 1. The SMILES string of the molecule is O=C(O)CCc1cccc(NC(=O)C(c2ccc(-c3cncc(Cl)c3)cc2)C2CCCC2)c1OC(F)(F)F. The first-order valence-corrected chi connectivity index (χ1v) is 12.6. The minimum absolute atomic E-state index is 0.0239. The minimum Gasteiger partial charge on any atom is -0.481 e. The van der Waals surface area contributed by atoms with Crippen LogP contribution in [0.15, 0.2) is 60.9 Å². The summed E-state index contributed by atoms with van der Waals surface area (Å²) in [5, 5.41) is 12.1. The molecule has 1 aliphatic rings. The van der Waals surface area contributed by atoms with Crippen molar-refractivity contribution in [1.29, 1.82) is 0 Å². The fourth-order valence-electron chi connectivity index (χ4n) is 4.95. The van der Waals surface area contributed by atoms with Crippen LogP contribution in [0.4, 0.5) is 18.9 Å². The zero-order chi connectivity index (χ0) is 27.3. The lowest BCUT2D eigenvalue weighted by atomic mass is 9.83. The summed E-state index contributed by atoms with van der Waals surface area (Å²) < 4.78 is 44.0. The number of halogens is 4. The zero-order valence-electron chi connectivity index (χ0n) is 20.3. The van der Waals surface area contributed by atoms with Gasteiger partial charge in [0.05, 0.1) is 16.6 Å². The van der Waals surface area contributed by atoms with Crippen molar-refractivity contribution in [2.45, 2.75) is 50.8 Å². The Bertz CT molecular complexity index is 1290. The van der Waals surface area contributed by atoms with E-state index in [0.29, 0.717) is 5.02 Å². The van der Waals surface area contributed by atoms with Gasteiger partial charge in [-0.05, 0) is 54.0 Å². The molecule has 200 valence electrons. The third-order valence-corrected chi connectivity index (χ3v) is 6.85. The number of aryl methyl sites for hydroxylation is 1. The molecule has 38 heavy (non-hydrogen) atoms. The van der Waals surface area contributed by atoms with E-state index in [9.17, 15) is 22.8 Å². The fraction of sp³-hybridized carbons (Fsp3) is 0.321. The number of benzene rings is 2. The third kappa shape index (κ3) is 7.04. The molecule has 0 spiro atoms. The number of aliphatic carboxylic acids is 1. The van der Waals surface area contributed by atoms with Crippen LogP contribution in [0.5, 0.6) is 5.75 Å². The van der Waals surface area contributed by atoms with Gasteiger partial charge in [-0.3, -0.25) is 14.6 Å². The van der Waals surface area contributed by atoms with Gasteiger partial charge in [0.15, 0.2) is 5.75 Å². The number of hydrogen-bond donors (Lipinski definition) is 2. The average Bonchev–Trinajstić information content (AvgIpc) is 3.38. The molecule has 1 unspecified atom stereocenters. The van der Waals surface area contributed by atoms with Crippen LogP contribution in [0.3, 0.4) is 0 Å². The van der Waals surface area contributed by atoms with E-state index < -0.39 is 29.9 Å². The van der Waals surface area contributed by atoms with Crippen molar-refractivity contribution < 1.29 is 32.6 Å². The van der Waals surface area contributed by atoms with Crippen molar-refractivity contribution in [3.8, 4) is 16.9 Å². The molecule has 6 nitrogen and oxygen atoms in total. The van der Waals surface area contributed by atoms with Crippen LogP contribution in [0, 0.1) is 5.92 Å². The molecule has 10 heteroatoms. The summed E-state index contributed by atoms with van der Waals surface area (Å²) in [7, 11) is 0. The van der Waals surface area contributed by atoms with E-state index in [1.165, 1.54) is 24.4 Å². The normalized spacial score (nSPS) is 14.7. The summed E-state index contributed by atoms with van der Waals surface area (Å²) in [6.45, 7) is 0. The molecule has 3 aromatic rings. The predicted molar refractivity (Wildman–Crippen MR) is 137 cm³/mol. The molecule has 0 radical (unpaired) electrons. The number of aromatic nitrogens is 1. The molecule has 1 saturated carbocycles. The van der Waals surface area contributed by atoms with Gasteiger partial charge >= 0.3 is 12.3 Å². The molecule has 1 fully saturated rings. The molecule has 4 rings (SSSR count). The number of anilines is 1. The standard InChI is InChI=1S/C28H26ClF3N2O4/c29-22-14-21(15-33-16-22)17-8-10-19(11-9-17)25(18-4-1-2-5-18)27(37)34-23-7-3-6-20(12-13-24(35)36)26(23)38-28(30,31)32/h3,6-11,14-16,18,25H,1-2,4-5,12-13H2,(H,34,37)(H,35,36). The highest BCUT2D eigenvalue weighted by molar-refractivity contribution is 6.30. The number of amides is 1. The van der Waals surface area contributed by atoms with E-state index in [4.69, 9.17) is 16.7 Å². The van der Waals surface area contributed by atoms with Gasteiger partial charge in [0, 0.05) is 24.4 Å². The first-order valence-electron chi connectivity index (χ1n) is 12.2. The molecular weight excluding hydrogens is 521 g/mol. The van der Waals surface area contributed by atoms with Crippen molar-refractivity contribution in [2.24, 2.45) is 5.92 Å². The summed E-state index contributed by atoms with van der Waals surface area (Å²) in [5.41, 5.74) is 2.31. The molecular formula is C28H26ClF3N2O4. The van der Waals surface area contributed by atoms with E-state index in [-0.39, 0.29) is 30.0 Å². The number of para-hydroxylation sites is 1. The van der Waals surface area contributed by atoms with Crippen LogP contribution in [0.1, 0.15) is 49.1 Å². The van der Waals surface area contributed by atoms with Crippen LogP contribution < -0.4 is 10.1 Å². The summed E-state index contributed by atoms with van der Waals surface area (Å²) >= 11 is 6.06. The van der Waals surface area contributed by atoms with Gasteiger partial charge in [-0.2, -0.15) is 0 Å². The average molecular weight is 547 g/mol. The van der Waals surface area contributed by atoms with Crippen LogP contribution in [-0.2, 0) is 16.0 Å². The lowest BCUT2D eigenvalue weighted by Crippen LogP contribution is -2.27. The summed E-state index contributed by atoms with van der Waals surface area (Å²) in [4.78, 5) is 28.7. The second-order valence-electron chi connectivity index (χ2n) is 9.26. The molecule has 0 bridgehead atoms. The quantitative estimate of drug-likeness (QED) is 0.295. The van der Waals surface area contributed by atoms with Gasteiger partial charge in [0.2, 0.25) is 5.91 Å². The molecule has 1 aromatic heterocycles. The molecule has 0 aliphatic heterocycles. The van der Waals surface area contributed by atoms with Gasteiger partial charge < -0.3 is 15.2 Å². The highest BCUT2D eigenvalue weighted by Gasteiger charge is 2.35. The molecule has 2 aromatic carbocycles. The lowest BCUT2D eigenvalue weighted by molar-refractivity contribution is -0.274. The highest BCUT2D eigenvalue weighted by atomic mass is 35.5. The van der Waals surface area contributed by atoms with Crippen LogP contribution in [0.2, 0.25) is 5.02 Å². The number of carbonyl (C=O) groups is 2. The Morgan fingerprint density at radius 3 is 2.42 bits per heavy atom. The Kier molecular flexibility index (Phi) is 8.56. The Hall–Kier alpha value is -3.59. The predicted octanol–water partition coefficient (Wildman–Crippen LogP) is 7.23. The minimum atomic E-state index is -5.02. The first kappa shape index (κ1) is 27.4. The maximum absolute atomic E-state index is 13.6. The number of carboxylic acid groups (broad SMARTS) is 1. The number of nitrogens with zero attached hydrogens (tertiary/aromatic N) is 1. The number of alkyl halides is 3. The number of pyridine rings is 1. The van der Waals surface area contributed by atoms with Crippen molar-refractivity contribution in [2.75, 3.05) is 5.32 Å². The molecule has 0 saturated heterocycles.